The van der Waals surface area contributed by atoms with Gasteiger partial charge in [-0.2, -0.15) is 5.26 Å². The summed E-state index contributed by atoms with van der Waals surface area (Å²) in [5, 5.41) is 23.5. The molecule has 0 aliphatic rings. The first-order valence-corrected chi connectivity index (χ1v) is 9.88. The summed E-state index contributed by atoms with van der Waals surface area (Å²) in [5.41, 5.74) is 3.35. The summed E-state index contributed by atoms with van der Waals surface area (Å²) < 4.78 is 0.715. The molecule has 1 aromatic heterocycles. The Morgan fingerprint density at radius 1 is 1.11 bits per heavy atom. The van der Waals surface area contributed by atoms with E-state index >= 15 is 0 Å². The quantitative estimate of drug-likeness (QED) is 0.594. The van der Waals surface area contributed by atoms with Crippen LogP contribution in [-0.4, -0.2) is 21.4 Å². The summed E-state index contributed by atoms with van der Waals surface area (Å²) in [5.74, 6) is -0.132. The summed E-state index contributed by atoms with van der Waals surface area (Å²) in [6.07, 6.45) is 0. The second-order valence-electron chi connectivity index (χ2n) is 5.80. The van der Waals surface area contributed by atoms with Gasteiger partial charge in [-0.25, -0.2) is 0 Å². The summed E-state index contributed by atoms with van der Waals surface area (Å²) >= 11 is 2.76. The number of amides is 1. The average molecular weight is 396 g/mol. The summed E-state index contributed by atoms with van der Waals surface area (Å²) in [6.45, 7) is 3.85. The number of aryl methyl sites for hydroxylation is 1. The van der Waals surface area contributed by atoms with Crippen LogP contribution in [0.3, 0.4) is 0 Å². The Bertz CT molecular complexity index is 961. The SMILES string of the molecule is Cc1ccc(Nc2nnc(S[C@@H](C)C(=O)Nc3ccc(C#N)cc3)s2)cc1. The van der Waals surface area contributed by atoms with Gasteiger partial charge in [-0.1, -0.05) is 40.8 Å². The van der Waals surface area contributed by atoms with Crippen molar-refractivity contribution in [2.75, 3.05) is 10.6 Å². The molecule has 0 spiro atoms. The molecular weight excluding hydrogens is 378 g/mol. The third-order valence-electron chi connectivity index (χ3n) is 3.64. The third kappa shape index (κ3) is 5.29. The Morgan fingerprint density at radius 3 is 2.44 bits per heavy atom. The molecule has 27 heavy (non-hydrogen) atoms. The van der Waals surface area contributed by atoms with E-state index in [1.54, 1.807) is 24.3 Å². The molecule has 2 N–H and O–H groups in total. The highest BCUT2D eigenvalue weighted by atomic mass is 32.2. The highest BCUT2D eigenvalue weighted by Gasteiger charge is 2.17. The lowest BCUT2D eigenvalue weighted by molar-refractivity contribution is -0.115. The number of nitriles is 1. The molecule has 0 fully saturated rings. The second kappa shape index (κ2) is 8.66. The van der Waals surface area contributed by atoms with Crippen molar-refractivity contribution in [2.45, 2.75) is 23.4 Å². The Labute approximate surface area is 165 Å². The predicted molar refractivity (Wildman–Crippen MR) is 109 cm³/mol. The number of nitrogens with zero attached hydrogens (tertiary/aromatic N) is 3. The Kier molecular flexibility index (Phi) is 6.06. The molecule has 6 nitrogen and oxygen atoms in total. The van der Waals surface area contributed by atoms with Gasteiger partial charge in [-0.05, 0) is 50.2 Å². The van der Waals surface area contributed by atoms with Crippen LogP contribution in [0.2, 0.25) is 0 Å². The topological polar surface area (TPSA) is 90.7 Å². The highest BCUT2D eigenvalue weighted by molar-refractivity contribution is 8.02. The van der Waals surface area contributed by atoms with Gasteiger partial charge in [0.05, 0.1) is 16.9 Å². The van der Waals surface area contributed by atoms with Crippen LogP contribution in [-0.2, 0) is 4.79 Å². The maximum atomic E-state index is 12.3. The smallest absolute Gasteiger partial charge is 0.237 e. The molecule has 0 aliphatic carbocycles. The summed E-state index contributed by atoms with van der Waals surface area (Å²) in [4.78, 5) is 12.3. The van der Waals surface area contributed by atoms with E-state index < -0.39 is 0 Å². The molecule has 3 aromatic rings. The number of rotatable bonds is 6. The van der Waals surface area contributed by atoms with Gasteiger partial charge in [0.1, 0.15) is 0 Å². The minimum absolute atomic E-state index is 0.132. The zero-order valence-electron chi connectivity index (χ0n) is 14.8. The van der Waals surface area contributed by atoms with Gasteiger partial charge in [-0.15, -0.1) is 10.2 Å². The predicted octanol–water partition coefficient (Wildman–Crippen LogP) is 4.58. The van der Waals surface area contributed by atoms with Crippen LogP contribution in [0.4, 0.5) is 16.5 Å². The standard InChI is InChI=1S/C19H17N5OS2/c1-12-3-7-16(8-4-12)22-18-23-24-19(27-18)26-13(2)17(25)21-15-9-5-14(11-20)6-10-15/h3-10,13H,1-2H3,(H,21,25)(H,22,23)/t13-/m0/s1. The van der Waals surface area contributed by atoms with Crippen LogP contribution in [0.5, 0.6) is 0 Å². The van der Waals surface area contributed by atoms with Gasteiger partial charge >= 0.3 is 0 Å². The van der Waals surface area contributed by atoms with Gasteiger partial charge in [-0.3, -0.25) is 4.79 Å². The monoisotopic (exact) mass is 395 g/mol. The van der Waals surface area contributed by atoms with E-state index in [9.17, 15) is 4.79 Å². The number of hydrogen-bond donors (Lipinski definition) is 2. The largest absolute Gasteiger partial charge is 0.330 e. The van der Waals surface area contributed by atoms with Crippen molar-refractivity contribution >= 4 is 45.5 Å². The zero-order chi connectivity index (χ0) is 19.2. The average Bonchev–Trinajstić information content (AvgIpc) is 3.11. The minimum atomic E-state index is -0.333. The molecule has 1 atom stereocenters. The first-order valence-electron chi connectivity index (χ1n) is 8.18. The second-order valence-corrected chi connectivity index (χ2v) is 8.37. The summed E-state index contributed by atoms with van der Waals surface area (Å²) in [7, 11) is 0. The Hall–Kier alpha value is -2.89. The first-order chi connectivity index (χ1) is 13.0. The number of carbonyl (C=O) groups is 1. The molecule has 3 rings (SSSR count). The van der Waals surface area contributed by atoms with Crippen molar-refractivity contribution in [1.82, 2.24) is 10.2 Å². The maximum absolute atomic E-state index is 12.3. The lowest BCUT2D eigenvalue weighted by Crippen LogP contribution is -2.22. The van der Waals surface area contributed by atoms with Gasteiger partial charge in [0.15, 0.2) is 4.34 Å². The molecule has 0 radical (unpaired) electrons. The molecule has 0 saturated carbocycles. The Morgan fingerprint density at radius 2 is 1.78 bits per heavy atom. The minimum Gasteiger partial charge on any atom is -0.330 e. The zero-order valence-corrected chi connectivity index (χ0v) is 16.4. The van der Waals surface area contributed by atoms with Crippen molar-refractivity contribution < 1.29 is 4.79 Å². The Balaban J connectivity index is 1.56. The van der Waals surface area contributed by atoms with Crippen LogP contribution in [0.1, 0.15) is 18.1 Å². The van der Waals surface area contributed by atoms with E-state index in [1.807, 2.05) is 44.2 Å². The van der Waals surface area contributed by atoms with Crippen molar-refractivity contribution in [3.63, 3.8) is 0 Å². The van der Waals surface area contributed by atoms with Crippen molar-refractivity contribution in [2.24, 2.45) is 0 Å². The fraction of sp³-hybridized carbons (Fsp3) is 0.158. The number of hydrogen-bond acceptors (Lipinski definition) is 7. The number of nitrogens with one attached hydrogen (secondary N) is 2. The van der Waals surface area contributed by atoms with Gasteiger partial charge in [0.2, 0.25) is 11.0 Å². The van der Waals surface area contributed by atoms with E-state index in [1.165, 1.54) is 28.7 Å². The normalized spacial score (nSPS) is 11.4. The molecule has 0 bridgehead atoms. The molecular formula is C19H17N5OS2. The first kappa shape index (κ1) is 18.9. The van der Waals surface area contributed by atoms with Gasteiger partial charge < -0.3 is 10.6 Å². The third-order valence-corrected chi connectivity index (χ3v) is 5.66. The van der Waals surface area contributed by atoms with E-state index in [4.69, 9.17) is 5.26 Å². The summed E-state index contributed by atoms with van der Waals surface area (Å²) in [6, 6.07) is 16.8. The van der Waals surface area contributed by atoms with Crippen molar-refractivity contribution in [1.29, 1.82) is 5.26 Å². The number of carbonyl (C=O) groups excluding carboxylic acids is 1. The van der Waals surface area contributed by atoms with Crippen molar-refractivity contribution in [3.8, 4) is 6.07 Å². The lowest BCUT2D eigenvalue weighted by Gasteiger charge is -2.10. The number of aromatic nitrogens is 2. The number of benzene rings is 2. The van der Waals surface area contributed by atoms with Crippen LogP contribution in [0.25, 0.3) is 0 Å². The molecule has 1 heterocycles. The number of anilines is 3. The maximum Gasteiger partial charge on any atom is 0.237 e. The highest BCUT2D eigenvalue weighted by Crippen LogP contribution is 2.30. The van der Waals surface area contributed by atoms with Crippen molar-refractivity contribution in [3.05, 3.63) is 59.7 Å². The molecule has 2 aromatic carbocycles. The molecule has 8 heteroatoms. The molecule has 0 aliphatic heterocycles. The lowest BCUT2D eigenvalue weighted by atomic mass is 10.2. The van der Waals surface area contributed by atoms with Gasteiger partial charge in [0.25, 0.3) is 0 Å². The van der Waals surface area contributed by atoms with Gasteiger partial charge in [0, 0.05) is 11.4 Å². The van der Waals surface area contributed by atoms with Crippen LogP contribution in [0, 0.1) is 18.3 Å². The molecule has 1 amide bonds. The van der Waals surface area contributed by atoms with Crippen LogP contribution >= 0.6 is 23.1 Å². The van der Waals surface area contributed by atoms with E-state index in [2.05, 4.69) is 20.8 Å². The molecule has 0 saturated heterocycles. The molecule has 0 unspecified atom stereocenters. The van der Waals surface area contributed by atoms with E-state index in [0.29, 0.717) is 20.7 Å². The fourth-order valence-corrected chi connectivity index (χ4v) is 4.06. The molecule has 136 valence electrons. The van der Waals surface area contributed by atoms with E-state index in [0.717, 1.165) is 5.69 Å². The van der Waals surface area contributed by atoms with Crippen LogP contribution < -0.4 is 10.6 Å². The van der Waals surface area contributed by atoms with Crippen LogP contribution in [0.15, 0.2) is 52.9 Å². The van der Waals surface area contributed by atoms with E-state index in [-0.39, 0.29) is 11.2 Å². The number of thioether (sulfide) groups is 1. The fourth-order valence-electron chi connectivity index (χ4n) is 2.15.